The lowest BCUT2D eigenvalue weighted by Gasteiger charge is -1.93. The Bertz CT molecular complexity index is 616. The molecule has 0 aliphatic heterocycles. The van der Waals surface area contributed by atoms with Gasteiger partial charge in [0.25, 0.3) is 0 Å². The van der Waals surface area contributed by atoms with E-state index in [1.807, 2.05) is 11.2 Å². The van der Waals surface area contributed by atoms with Crippen LogP contribution in [-0.2, 0) is 0 Å². The molecule has 96 valence electrons. The molecule has 0 spiro atoms. The lowest BCUT2D eigenvalue weighted by Crippen LogP contribution is -1.92. The molecule has 0 fully saturated rings. The van der Waals surface area contributed by atoms with Crippen molar-refractivity contribution < 1.29 is 9.85 Å². The van der Waals surface area contributed by atoms with Crippen LogP contribution in [0.4, 0.5) is 11.6 Å². The third-order valence-corrected chi connectivity index (χ3v) is 2.36. The van der Waals surface area contributed by atoms with Gasteiger partial charge < -0.3 is 20.2 Å². The SMILES string of the molecule is O=[N+]([O-])c1n[nH]c([N+](=O)[O-])c1/C=C/c1ccccc1. The van der Waals surface area contributed by atoms with E-state index in [0.717, 1.165) is 5.56 Å². The number of nitro groups is 2. The second-order valence-electron chi connectivity index (χ2n) is 3.57. The van der Waals surface area contributed by atoms with Gasteiger partial charge in [0.15, 0.2) is 5.56 Å². The van der Waals surface area contributed by atoms with E-state index in [1.165, 1.54) is 6.08 Å². The number of rotatable bonds is 4. The van der Waals surface area contributed by atoms with Crippen LogP contribution in [0.15, 0.2) is 30.3 Å². The molecule has 0 saturated carbocycles. The molecule has 1 aromatic carbocycles. The number of aromatic nitrogens is 2. The van der Waals surface area contributed by atoms with E-state index >= 15 is 0 Å². The maximum Gasteiger partial charge on any atom is 0.427 e. The summed E-state index contributed by atoms with van der Waals surface area (Å²) in [6.45, 7) is 0. The van der Waals surface area contributed by atoms with E-state index in [0.29, 0.717) is 0 Å². The summed E-state index contributed by atoms with van der Waals surface area (Å²) in [5, 5.41) is 26.9. The fourth-order valence-corrected chi connectivity index (χ4v) is 1.51. The Kier molecular flexibility index (Phi) is 3.33. The number of aromatic amines is 1. The van der Waals surface area contributed by atoms with Crippen molar-refractivity contribution >= 4 is 23.8 Å². The molecule has 0 atom stereocenters. The van der Waals surface area contributed by atoms with Crippen LogP contribution < -0.4 is 0 Å². The van der Waals surface area contributed by atoms with E-state index in [1.54, 1.807) is 30.3 Å². The maximum absolute atomic E-state index is 10.7. The quantitative estimate of drug-likeness (QED) is 0.669. The molecule has 2 rings (SSSR count). The number of hydrogen-bond acceptors (Lipinski definition) is 5. The third-order valence-electron chi connectivity index (χ3n) is 2.36. The molecule has 1 aromatic heterocycles. The summed E-state index contributed by atoms with van der Waals surface area (Å²) in [5.74, 6) is -1.07. The highest BCUT2D eigenvalue weighted by Crippen LogP contribution is 2.26. The first-order valence-corrected chi connectivity index (χ1v) is 5.20. The summed E-state index contributed by atoms with van der Waals surface area (Å²) in [7, 11) is 0. The van der Waals surface area contributed by atoms with Crippen molar-refractivity contribution in [2.45, 2.75) is 0 Å². The predicted molar refractivity (Wildman–Crippen MR) is 67.3 cm³/mol. The highest BCUT2D eigenvalue weighted by Gasteiger charge is 2.29. The first-order valence-electron chi connectivity index (χ1n) is 5.20. The third kappa shape index (κ3) is 2.63. The summed E-state index contributed by atoms with van der Waals surface area (Å²) in [6.07, 6.45) is 2.85. The fourth-order valence-electron chi connectivity index (χ4n) is 1.51. The molecule has 8 heteroatoms. The van der Waals surface area contributed by atoms with E-state index < -0.39 is 21.5 Å². The normalized spacial score (nSPS) is 10.7. The highest BCUT2D eigenvalue weighted by atomic mass is 16.6. The first-order chi connectivity index (χ1) is 9.09. The molecule has 19 heavy (non-hydrogen) atoms. The lowest BCUT2D eigenvalue weighted by atomic mass is 10.2. The van der Waals surface area contributed by atoms with Crippen molar-refractivity contribution in [2.75, 3.05) is 0 Å². The molecular weight excluding hydrogens is 252 g/mol. The fraction of sp³-hybridized carbons (Fsp3) is 0. The summed E-state index contributed by atoms with van der Waals surface area (Å²) < 4.78 is 0. The smallest absolute Gasteiger partial charge is 0.358 e. The molecule has 0 bridgehead atoms. The van der Waals surface area contributed by atoms with Crippen molar-refractivity contribution in [3.05, 3.63) is 61.7 Å². The van der Waals surface area contributed by atoms with Gasteiger partial charge in [-0.1, -0.05) is 36.4 Å². The zero-order valence-electron chi connectivity index (χ0n) is 9.52. The van der Waals surface area contributed by atoms with E-state index in [2.05, 4.69) is 5.10 Å². The van der Waals surface area contributed by atoms with E-state index in [4.69, 9.17) is 0 Å². The van der Waals surface area contributed by atoms with Gasteiger partial charge in [-0.2, -0.15) is 0 Å². The molecule has 0 saturated heterocycles. The van der Waals surface area contributed by atoms with Crippen LogP contribution in [0, 0.1) is 20.2 Å². The zero-order chi connectivity index (χ0) is 13.8. The van der Waals surface area contributed by atoms with Gasteiger partial charge in [-0.05, 0) is 26.6 Å². The second-order valence-corrected chi connectivity index (χ2v) is 3.57. The molecule has 0 amide bonds. The minimum absolute atomic E-state index is 0.154. The Labute approximate surface area is 106 Å². The number of H-pyrrole nitrogens is 1. The minimum atomic E-state index is -0.770. The van der Waals surface area contributed by atoms with Crippen LogP contribution in [0.25, 0.3) is 12.2 Å². The van der Waals surface area contributed by atoms with Gasteiger partial charge in [-0.3, -0.25) is 0 Å². The van der Waals surface area contributed by atoms with E-state index in [9.17, 15) is 20.2 Å². The molecule has 0 aliphatic carbocycles. The average Bonchev–Trinajstić information content (AvgIpc) is 2.81. The Morgan fingerprint density at radius 3 is 2.32 bits per heavy atom. The molecular formula is C11H8N4O4. The largest absolute Gasteiger partial charge is 0.427 e. The first kappa shape index (κ1) is 12.4. The van der Waals surface area contributed by atoms with Gasteiger partial charge in [0.05, 0.1) is 0 Å². The van der Waals surface area contributed by atoms with Gasteiger partial charge in [0.1, 0.15) is 5.10 Å². The van der Waals surface area contributed by atoms with Crippen LogP contribution in [-0.4, -0.2) is 20.0 Å². The second kappa shape index (κ2) is 5.08. The number of nitrogens with one attached hydrogen (secondary N) is 1. The Hall–Kier alpha value is -3.03. The average molecular weight is 260 g/mol. The number of benzene rings is 1. The monoisotopic (exact) mass is 260 g/mol. The summed E-state index contributed by atoms with van der Waals surface area (Å²) in [4.78, 5) is 20.0. The minimum Gasteiger partial charge on any atom is -0.358 e. The Morgan fingerprint density at radius 1 is 1.05 bits per heavy atom. The summed E-state index contributed by atoms with van der Waals surface area (Å²) in [5.41, 5.74) is 0.617. The molecule has 0 aliphatic rings. The van der Waals surface area contributed by atoms with Crippen molar-refractivity contribution in [2.24, 2.45) is 0 Å². The number of nitrogens with zero attached hydrogens (tertiary/aromatic N) is 3. The van der Waals surface area contributed by atoms with Crippen molar-refractivity contribution in [3.8, 4) is 0 Å². The van der Waals surface area contributed by atoms with Crippen LogP contribution in [0.2, 0.25) is 0 Å². The topological polar surface area (TPSA) is 115 Å². The highest BCUT2D eigenvalue weighted by molar-refractivity contribution is 5.76. The van der Waals surface area contributed by atoms with Crippen molar-refractivity contribution in [1.29, 1.82) is 0 Å². The Morgan fingerprint density at radius 2 is 1.74 bits per heavy atom. The van der Waals surface area contributed by atoms with Crippen LogP contribution in [0.1, 0.15) is 11.1 Å². The van der Waals surface area contributed by atoms with Crippen molar-refractivity contribution in [3.63, 3.8) is 0 Å². The Balaban J connectivity index is 2.43. The van der Waals surface area contributed by atoms with Gasteiger partial charge in [0.2, 0.25) is 0 Å². The number of hydrogen-bond donors (Lipinski definition) is 1. The molecule has 0 unspecified atom stereocenters. The van der Waals surface area contributed by atoms with Gasteiger partial charge >= 0.3 is 11.6 Å². The van der Waals surface area contributed by atoms with Crippen molar-refractivity contribution in [1.82, 2.24) is 10.2 Å². The van der Waals surface area contributed by atoms with Crippen LogP contribution in [0.5, 0.6) is 0 Å². The molecule has 8 nitrogen and oxygen atoms in total. The molecule has 1 heterocycles. The molecule has 0 radical (unpaired) electrons. The summed E-state index contributed by atoms with van der Waals surface area (Å²) >= 11 is 0. The van der Waals surface area contributed by atoms with E-state index in [-0.39, 0.29) is 5.56 Å². The maximum atomic E-state index is 10.7. The van der Waals surface area contributed by atoms with Crippen LogP contribution in [0.3, 0.4) is 0 Å². The summed E-state index contributed by atoms with van der Waals surface area (Å²) in [6, 6.07) is 8.94. The predicted octanol–water partition coefficient (Wildman–Crippen LogP) is 2.40. The molecule has 2 aromatic rings. The van der Waals surface area contributed by atoms with Crippen LogP contribution >= 0.6 is 0 Å². The van der Waals surface area contributed by atoms with Gasteiger partial charge in [0, 0.05) is 0 Å². The zero-order valence-corrected chi connectivity index (χ0v) is 9.52. The van der Waals surface area contributed by atoms with Gasteiger partial charge in [-0.25, -0.2) is 0 Å². The standard InChI is InChI=1S/C11H8N4O4/c16-14(17)10-9(11(13-12-10)15(18)19)7-6-8-4-2-1-3-5-8/h1-7H,(H,12,13)/b7-6+. The van der Waals surface area contributed by atoms with Gasteiger partial charge in [-0.15, -0.1) is 0 Å². The molecule has 1 N–H and O–H groups in total. The lowest BCUT2D eigenvalue weighted by molar-refractivity contribution is -0.394.